The van der Waals surface area contributed by atoms with Gasteiger partial charge in [-0.25, -0.2) is 8.42 Å². The second-order valence-corrected chi connectivity index (χ2v) is 10.3. The highest BCUT2D eigenvalue weighted by atomic mass is 32.2. The average molecular weight is 439 g/mol. The molecule has 8 nitrogen and oxygen atoms in total. The number of sulfonamides is 1. The first-order valence-electron chi connectivity index (χ1n) is 10.8. The van der Waals surface area contributed by atoms with Crippen LogP contribution in [-0.4, -0.2) is 81.0 Å². The molecule has 2 heterocycles. The van der Waals surface area contributed by atoms with Crippen LogP contribution in [0.1, 0.15) is 33.6 Å². The van der Waals surface area contributed by atoms with Crippen LogP contribution in [0.4, 0.5) is 5.69 Å². The van der Waals surface area contributed by atoms with E-state index in [1.54, 1.807) is 24.3 Å². The third kappa shape index (κ3) is 5.79. The Labute approximate surface area is 180 Å². The molecule has 3 rings (SSSR count). The van der Waals surface area contributed by atoms with Crippen molar-refractivity contribution in [1.82, 2.24) is 14.5 Å². The van der Waals surface area contributed by atoms with Crippen LogP contribution >= 0.6 is 0 Å². The number of hydrogen-bond donors (Lipinski definition) is 2. The summed E-state index contributed by atoms with van der Waals surface area (Å²) in [6, 6.07) is 7.15. The summed E-state index contributed by atoms with van der Waals surface area (Å²) < 4.78 is 32.1. The topological polar surface area (TPSA) is 91.0 Å². The number of piperidine rings is 1. The van der Waals surface area contributed by atoms with Crippen molar-refractivity contribution in [2.24, 2.45) is 0 Å². The van der Waals surface area contributed by atoms with Gasteiger partial charge in [0, 0.05) is 44.0 Å². The van der Waals surface area contributed by atoms with Gasteiger partial charge in [-0.1, -0.05) is 13.8 Å². The van der Waals surface area contributed by atoms with Gasteiger partial charge in [0.05, 0.1) is 24.2 Å². The first kappa shape index (κ1) is 23.1. The molecule has 2 aliphatic rings. The van der Waals surface area contributed by atoms with Crippen molar-refractivity contribution in [2.45, 2.75) is 56.6 Å². The van der Waals surface area contributed by atoms with Crippen LogP contribution in [0.2, 0.25) is 0 Å². The standard InChI is InChI=1S/C21H34N4O4S/c1-16(2)22-19-8-10-24(11-9-19)17(3)21(26)23-18-4-6-20(7-5-18)30(27,28)25-12-14-29-15-13-25/h4-7,16-17,19,22H,8-15H2,1-3H3,(H,23,26). The molecular formula is C21H34N4O4S. The first-order chi connectivity index (χ1) is 14.3. The maximum Gasteiger partial charge on any atom is 0.243 e. The van der Waals surface area contributed by atoms with Gasteiger partial charge in [-0.3, -0.25) is 9.69 Å². The molecule has 168 valence electrons. The van der Waals surface area contributed by atoms with E-state index in [2.05, 4.69) is 29.4 Å². The van der Waals surface area contributed by atoms with E-state index in [0.717, 1.165) is 25.9 Å². The third-order valence-electron chi connectivity index (χ3n) is 5.76. The van der Waals surface area contributed by atoms with Crippen LogP contribution in [0.25, 0.3) is 0 Å². The van der Waals surface area contributed by atoms with Crippen LogP contribution in [0.5, 0.6) is 0 Å². The number of benzene rings is 1. The molecular weight excluding hydrogens is 404 g/mol. The van der Waals surface area contributed by atoms with Crippen LogP contribution in [-0.2, 0) is 19.6 Å². The first-order valence-corrected chi connectivity index (χ1v) is 12.2. The van der Waals surface area contributed by atoms with E-state index in [0.29, 0.717) is 44.1 Å². The summed E-state index contributed by atoms with van der Waals surface area (Å²) in [7, 11) is -3.53. The Morgan fingerprint density at radius 1 is 1.03 bits per heavy atom. The number of likely N-dealkylation sites (tertiary alicyclic amines) is 1. The summed E-state index contributed by atoms with van der Waals surface area (Å²) in [5, 5.41) is 6.48. The maximum absolute atomic E-state index is 12.7. The molecule has 2 N–H and O–H groups in total. The molecule has 0 saturated carbocycles. The molecule has 30 heavy (non-hydrogen) atoms. The van der Waals surface area contributed by atoms with Crippen LogP contribution in [0.3, 0.4) is 0 Å². The fourth-order valence-corrected chi connectivity index (χ4v) is 5.39. The highest BCUT2D eigenvalue weighted by Crippen LogP contribution is 2.20. The fraction of sp³-hybridized carbons (Fsp3) is 0.667. The third-order valence-corrected chi connectivity index (χ3v) is 7.67. The van der Waals surface area contributed by atoms with Gasteiger partial charge in [-0.15, -0.1) is 0 Å². The number of nitrogens with zero attached hydrogens (tertiary/aromatic N) is 2. The van der Waals surface area contributed by atoms with Crippen molar-refractivity contribution < 1.29 is 17.9 Å². The minimum absolute atomic E-state index is 0.0749. The zero-order chi connectivity index (χ0) is 21.7. The van der Waals surface area contributed by atoms with Crippen molar-refractivity contribution in [3.8, 4) is 0 Å². The summed E-state index contributed by atoms with van der Waals surface area (Å²) in [5.74, 6) is -0.0749. The molecule has 1 aromatic rings. The lowest BCUT2D eigenvalue weighted by molar-refractivity contribution is -0.121. The summed E-state index contributed by atoms with van der Waals surface area (Å²) in [4.78, 5) is 15.1. The Kier molecular flexibility index (Phi) is 7.86. The molecule has 2 aliphatic heterocycles. The molecule has 0 spiro atoms. The Bertz CT molecular complexity index is 799. The second-order valence-electron chi connectivity index (χ2n) is 8.34. The Hall–Kier alpha value is -1.52. The Balaban J connectivity index is 1.54. The van der Waals surface area contributed by atoms with Crippen molar-refractivity contribution in [3.05, 3.63) is 24.3 Å². The minimum Gasteiger partial charge on any atom is -0.379 e. The van der Waals surface area contributed by atoms with E-state index in [1.165, 1.54) is 4.31 Å². The lowest BCUT2D eigenvalue weighted by Crippen LogP contribution is -2.50. The van der Waals surface area contributed by atoms with E-state index in [9.17, 15) is 13.2 Å². The van der Waals surface area contributed by atoms with Gasteiger partial charge in [0.2, 0.25) is 15.9 Å². The number of amides is 1. The van der Waals surface area contributed by atoms with E-state index in [-0.39, 0.29) is 16.8 Å². The van der Waals surface area contributed by atoms with Crippen LogP contribution in [0, 0.1) is 0 Å². The van der Waals surface area contributed by atoms with E-state index in [1.807, 2.05) is 6.92 Å². The van der Waals surface area contributed by atoms with Gasteiger partial charge in [0.15, 0.2) is 0 Å². The Morgan fingerprint density at radius 2 is 1.63 bits per heavy atom. The molecule has 1 atom stereocenters. The number of carbonyl (C=O) groups is 1. The highest BCUT2D eigenvalue weighted by Gasteiger charge is 2.28. The molecule has 0 aliphatic carbocycles. The van der Waals surface area contributed by atoms with Crippen molar-refractivity contribution in [2.75, 3.05) is 44.7 Å². The summed E-state index contributed by atoms with van der Waals surface area (Å²) in [5.41, 5.74) is 0.601. The van der Waals surface area contributed by atoms with E-state index >= 15 is 0 Å². The molecule has 0 radical (unpaired) electrons. The van der Waals surface area contributed by atoms with Crippen LogP contribution in [0.15, 0.2) is 29.2 Å². The number of morpholine rings is 1. The predicted octanol–water partition coefficient (Wildman–Crippen LogP) is 1.50. The molecule has 2 fully saturated rings. The largest absolute Gasteiger partial charge is 0.379 e. The van der Waals surface area contributed by atoms with Crippen molar-refractivity contribution in [1.29, 1.82) is 0 Å². The molecule has 1 aromatic carbocycles. The molecule has 9 heteroatoms. The van der Waals surface area contributed by atoms with Gasteiger partial charge < -0.3 is 15.4 Å². The number of rotatable bonds is 7. The van der Waals surface area contributed by atoms with Gasteiger partial charge in [-0.2, -0.15) is 4.31 Å². The molecule has 0 bridgehead atoms. The lowest BCUT2D eigenvalue weighted by atomic mass is 10.0. The maximum atomic E-state index is 12.7. The molecule has 1 amide bonds. The minimum atomic E-state index is -3.53. The van der Waals surface area contributed by atoms with Gasteiger partial charge >= 0.3 is 0 Å². The van der Waals surface area contributed by atoms with Gasteiger partial charge in [-0.05, 0) is 44.0 Å². The number of nitrogens with one attached hydrogen (secondary N) is 2. The average Bonchev–Trinajstić information content (AvgIpc) is 2.74. The summed E-state index contributed by atoms with van der Waals surface area (Å²) in [6.07, 6.45) is 2.06. The van der Waals surface area contributed by atoms with E-state index < -0.39 is 10.0 Å². The lowest BCUT2D eigenvalue weighted by Gasteiger charge is -2.36. The highest BCUT2D eigenvalue weighted by molar-refractivity contribution is 7.89. The second kappa shape index (κ2) is 10.2. The normalized spacial score (nSPS) is 20.9. The number of anilines is 1. The number of carbonyl (C=O) groups excluding carboxylic acids is 1. The monoisotopic (exact) mass is 438 g/mol. The smallest absolute Gasteiger partial charge is 0.243 e. The fourth-order valence-electron chi connectivity index (χ4n) is 3.98. The van der Waals surface area contributed by atoms with Crippen LogP contribution < -0.4 is 10.6 Å². The SMILES string of the molecule is CC(C)NC1CCN(C(C)C(=O)Nc2ccc(S(=O)(=O)N3CCOCC3)cc2)CC1. The van der Waals surface area contributed by atoms with Crippen molar-refractivity contribution >= 4 is 21.6 Å². The molecule has 1 unspecified atom stereocenters. The molecule has 2 saturated heterocycles. The summed E-state index contributed by atoms with van der Waals surface area (Å²) in [6.45, 7) is 9.55. The Morgan fingerprint density at radius 3 is 2.20 bits per heavy atom. The predicted molar refractivity (Wildman–Crippen MR) is 117 cm³/mol. The zero-order valence-corrected chi connectivity index (χ0v) is 19.0. The molecule has 0 aromatic heterocycles. The number of ether oxygens (including phenoxy) is 1. The summed E-state index contributed by atoms with van der Waals surface area (Å²) >= 11 is 0. The quantitative estimate of drug-likeness (QED) is 0.670. The van der Waals surface area contributed by atoms with Gasteiger partial charge in [0.25, 0.3) is 0 Å². The number of hydrogen-bond acceptors (Lipinski definition) is 6. The van der Waals surface area contributed by atoms with Crippen molar-refractivity contribution in [3.63, 3.8) is 0 Å². The van der Waals surface area contributed by atoms with E-state index in [4.69, 9.17) is 4.74 Å². The zero-order valence-electron chi connectivity index (χ0n) is 18.1. The van der Waals surface area contributed by atoms with Gasteiger partial charge in [0.1, 0.15) is 0 Å².